The van der Waals surface area contributed by atoms with Gasteiger partial charge < -0.3 is 14.0 Å². The van der Waals surface area contributed by atoms with Gasteiger partial charge in [-0.15, -0.1) is 11.3 Å². The van der Waals surface area contributed by atoms with Crippen molar-refractivity contribution in [2.24, 2.45) is 0 Å². The van der Waals surface area contributed by atoms with E-state index in [1.54, 1.807) is 25.4 Å². The van der Waals surface area contributed by atoms with Gasteiger partial charge >= 0.3 is 0 Å². The smallest absolute Gasteiger partial charge is 0.252 e. The van der Waals surface area contributed by atoms with E-state index < -0.39 is 10.0 Å². The van der Waals surface area contributed by atoms with E-state index in [0.717, 1.165) is 30.0 Å². The lowest BCUT2D eigenvalue weighted by Gasteiger charge is -2.30. The Morgan fingerprint density at radius 3 is 2.73 bits per heavy atom. The summed E-state index contributed by atoms with van der Waals surface area (Å²) in [4.78, 5) is 4.46. The van der Waals surface area contributed by atoms with Gasteiger partial charge in [-0.2, -0.15) is 4.31 Å². The molecule has 2 aromatic heterocycles. The van der Waals surface area contributed by atoms with Gasteiger partial charge in [0.1, 0.15) is 16.8 Å². The predicted octanol–water partition coefficient (Wildman–Crippen LogP) is 2.79. The highest BCUT2D eigenvalue weighted by atomic mass is 35.5. The summed E-state index contributed by atoms with van der Waals surface area (Å²) >= 11 is 6.97. The summed E-state index contributed by atoms with van der Waals surface area (Å²) in [6.45, 7) is 2.44. The number of ether oxygens (including phenoxy) is 2. The Bertz CT molecular complexity index is 813. The zero-order valence-corrected chi connectivity index (χ0v) is 16.9. The molecule has 3 rings (SSSR count). The van der Waals surface area contributed by atoms with Crippen molar-refractivity contribution in [2.75, 3.05) is 33.4 Å². The number of aromatic nitrogens is 2. The molecule has 1 fully saturated rings. The molecule has 1 aliphatic heterocycles. The second-order valence-electron chi connectivity index (χ2n) is 6.02. The average Bonchev–Trinajstić information content (AvgIpc) is 3.28. The summed E-state index contributed by atoms with van der Waals surface area (Å²) < 4.78 is 40.2. The molecule has 0 spiro atoms. The third-order valence-electron chi connectivity index (χ3n) is 4.37. The van der Waals surface area contributed by atoms with Crippen molar-refractivity contribution in [2.45, 2.75) is 29.7 Å². The SMILES string of the molecule is COCCOCn1ccnc1C1CCN(S(=O)(=O)c2ccc(Cl)s2)CC1. The van der Waals surface area contributed by atoms with Crippen LogP contribution in [0.25, 0.3) is 0 Å². The number of nitrogens with zero attached hydrogens (tertiary/aromatic N) is 3. The van der Waals surface area contributed by atoms with Crippen LogP contribution in [0.2, 0.25) is 4.34 Å². The van der Waals surface area contributed by atoms with Crippen LogP contribution in [0.15, 0.2) is 28.7 Å². The quantitative estimate of drug-likeness (QED) is 0.615. The zero-order chi connectivity index (χ0) is 18.6. The first-order valence-electron chi connectivity index (χ1n) is 8.35. The second-order valence-corrected chi connectivity index (χ2v) is 9.90. The summed E-state index contributed by atoms with van der Waals surface area (Å²) in [6, 6.07) is 3.19. The van der Waals surface area contributed by atoms with Crippen LogP contribution in [-0.4, -0.2) is 55.7 Å². The lowest BCUT2D eigenvalue weighted by atomic mass is 9.97. The highest BCUT2D eigenvalue weighted by molar-refractivity contribution is 7.91. The molecule has 1 saturated heterocycles. The maximum atomic E-state index is 12.7. The Hall–Kier alpha value is -0.970. The van der Waals surface area contributed by atoms with Crippen molar-refractivity contribution in [3.05, 3.63) is 34.7 Å². The monoisotopic (exact) mass is 419 g/mol. The van der Waals surface area contributed by atoms with Gasteiger partial charge in [0, 0.05) is 38.5 Å². The molecule has 0 N–H and O–H groups in total. The third kappa shape index (κ3) is 4.47. The molecule has 7 nitrogen and oxygen atoms in total. The Labute approximate surface area is 162 Å². The van der Waals surface area contributed by atoms with Crippen molar-refractivity contribution in [1.82, 2.24) is 13.9 Å². The maximum Gasteiger partial charge on any atom is 0.252 e. The van der Waals surface area contributed by atoms with Gasteiger partial charge in [-0.25, -0.2) is 13.4 Å². The van der Waals surface area contributed by atoms with Crippen LogP contribution >= 0.6 is 22.9 Å². The van der Waals surface area contributed by atoms with Gasteiger partial charge in [-0.1, -0.05) is 11.6 Å². The lowest BCUT2D eigenvalue weighted by molar-refractivity contribution is 0.0321. The number of hydrogen-bond acceptors (Lipinski definition) is 6. The van der Waals surface area contributed by atoms with E-state index in [1.165, 1.54) is 4.31 Å². The van der Waals surface area contributed by atoms with Crippen LogP contribution in [0.4, 0.5) is 0 Å². The Kier molecular flexibility index (Phi) is 6.70. The summed E-state index contributed by atoms with van der Waals surface area (Å²) in [7, 11) is -1.83. The van der Waals surface area contributed by atoms with Crippen molar-refractivity contribution < 1.29 is 17.9 Å². The molecule has 1 aliphatic rings. The van der Waals surface area contributed by atoms with Crippen LogP contribution in [-0.2, 0) is 26.2 Å². The van der Waals surface area contributed by atoms with Crippen LogP contribution in [0.5, 0.6) is 0 Å². The summed E-state index contributed by atoms with van der Waals surface area (Å²) in [5, 5.41) is 0. The molecule has 2 aromatic rings. The number of methoxy groups -OCH3 is 1. The van der Waals surface area contributed by atoms with Gasteiger partial charge in [0.2, 0.25) is 0 Å². The van der Waals surface area contributed by atoms with E-state index >= 15 is 0 Å². The van der Waals surface area contributed by atoms with Crippen molar-refractivity contribution in [3.63, 3.8) is 0 Å². The molecule has 0 unspecified atom stereocenters. The van der Waals surface area contributed by atoms with Gasteiger partial charge in [-0.3, -0.25) is 0 Å². The zero-order valence-electron chi connectivity index (χ0n) is 14.5. The molecule has 3 heterocycles. The number of thiophene rings is 1. The number of rotatable bonds is 8. The molecular formula is C16H22ClN3O4S2. The number of piperidine rings is 1. The molecule has 10 heteroatoms. The van der Waals surface area contributed by atoms with Crippen molar-refractivity contribution >= 4 is 33.0 Å². The maximum absolute atomic E-state index is 12.7. The van der Waals surface area contributed by atoms with E-state index in [9.17, 15) is 8.42 Å². The molecule has 0 atom stereocenters. The van der Waals surface area contributed by atoms with E-state index in [4.69, 9.17) is 21.1 Å². The third-order valence-corrected chi connectivity index (χ3v) is 7.97. The fourth-order valence-corrected chi connectivity index (χ4v) is 6.12. The normalized spacial score (nSPS) is 17.0. The molecule has 0 radical (unpaired) electrons. The van der Waals surface area contributed by atoms with Crippen molar-refractivity contribution in [3.8, 4) is 0 Å². The minimum Gasteiger partial charge on any atom is -0.382 e. The topological polar surface area (TPSA) is 73.7 Å². The number of halogens is 1. The highest BCUT2D eigenvalue weighted by Gasteiger charge is 2.32. The second kappa shape index (κ2) is 8.81. The minimum absolute atomic E-state index is 0.217. The number of sulfonamides is 1. The van der Waals surface area contributed by atoms with Gasteiger partial charge in [0.05, 0.1) is 17.6 Å². The molecular weight excluding hydrogens is 398 g/mol. The first-order valence-corrected chi connectivity index (χ1v) is 11.0. The van der Waals surface area contributed by atoms with Crippen LogP contribution in [0.3, 0.4) is 0 Å². The van der Waals surface area contributed by atoms with Crippen LogP contribution < -0.4 is 0 Å². The highest BCUT2D eigenvalue weighted by Crippen LogP contribution is 2.33. The predicted molar refractivity (Wildman–Crippen MR) is 100 cm³/mol. The first-order chi connectivity index (χ1) is 12.5. The molecule has 0 saturated carbocycles. The molecule has 0 bridgehead atoms. The van der Waals surface area contributed by atoms with Crippen molar-refractivity contribution in [1.29, 1.82) is 0 Å². The molecule has 0 amide bonds. The summed E-state index contributed by atoms with van der Waals surface area (Å²) in [5.41, 5.74) is 0. The number of hydrogen-bond donors (Lipinski definition) is 0. The van der Waals surface area contributed by atoms with E-state index in [0.29, 0.717) is 41.6 Å². The van der Waals surface area contributed by atoms with Crippen LogP contribution in [0, 0.1) is 0 Å². The molecule has 0 aliphatic carbocycles. The van der Waals surface area contributed by atoms with E-state index in [2.05, 4.69) is 4.98 Å². The van der Waals surface area contributed by atoms with Gasteiger partial charge in [-0.05, 0) is 25.0 Å². The van der Waals surface area contributed by atoms with E-state index in [-0.39, 0.29) is 5.92 Å². The molecule has 0 aromatic carbocycles. The molecule has 144 valence electrons. The minimum atomic E-state index is -3.46. The standard InChI is InChI=1S/C16H22ClN3O4S2/c1-23-10-11-24-12-19-9-6-18-16(19)13-4-7-20(8-5-13)26(21,22)15-3-2-14(17)25-15/h2-3,6,9,13H,4-5,7-8,10-12H2,1H3. The average molecular weight is 420 g/mol. The Balaban J connectivity index is 1.60. The van der Waals surface area contributed by atoms with Gasteiger partial charge in [0.25, 0.3) is 10.0 Å². The van der Waals surface area contributed by atoms with E-state index in [1.807, 2.05) is 10.8 Å². The first kappa shape index (κ1) is 19.8. The fraction of sp³-hybridized carbons (Fsp3) is 0.562. The Morgan fingerprint density at radius 1 is 1.31 bits per heavy atom. The number of imidazole rings is 1. The molecule has 26 heavy (non-hydrogen) atoms. The Morgan fingerprint density at radius 2 is 2.08 bits per heavy atom. The lowest BCUT2D eigenvalue weighted by Crippen LogP contribution is -2.38. The summed E-state index contributed by atoms with van der Waals surface area (Å²) in [5.74, 6) is 1.16. The van der Waals surface area contributed by atoms with Crippen LogP contribution in [0.1, 0.15) is 24.6 Å². The fourth-order valence-electron chi connectivity index (χ4n) is 3.01. The summed E-state index contributed by atoms with van der Waals surface area (Å²) in [6.07, 6.45) is 5.10. The van der Waals surface area contributed by atoms with Gasteiger partial charge in [0.15, 0.2) is 0 Å². The largest absolute Gasteiger partial charge is 0.382 e.